The number of rotatable bonds is 4. The molecule has 80 valence electrons. The lowest BCUT2D eigenvalue weighted by atomic mass is 10.0. The number of carbonyl (C=O) groups is 1. The third-order valence-electron chi connectivity index (χ3n) is 1.97. The van der Waals surface area contributed by atoms with Crippen LogP contribution in [-0.2, 0) is 0 Å². The van der Waals surface area contributed by atoms with Crippen molar-refractivity contribution in [3.05, 3.63) is 39.4 Å². The summed E-state index contributed by atoms with van der Waals surface area (Å²) in [7, 11) is 0. The van der Waals surface area contributed by atoms with Gasteiger partial charge in [0, 0.05) is 18.4 Å². The number of aryl methyl sites for hydroxylation is 1. The van der Waals surface area contributed by atoms with Crippen molar-refractivity contribution in [2.45, 2.75) is 13.3 Å². The highest BCUT2D eigenvalue weighted by Gasteiger charge is 2.19. The fourth-order valence-corrected chi connectivity index (χ4v) is 1.42. The molecule has 0 fully saturated rings. The molecule has 0 saturated heterocycles. The van der Waals surface area contributed by atoms with Crippen molar-refractivity contribution in [3.8, 4) is 0 Å². The van der Waals surface area contributed by atoms with Gasteiger partial charge in [0.05, 0.1) is 10.5 Å². The largest absolute Gasteiger partial charge is 0.294 e. The van der Waals surface area contributed by atoms with Gasteiger partial charge >= 0.3 is 0 Å². The number of carbonyl (C=O) groups excluding carboxylic acids is 1. The summed E-state index contributed by atoms with van der Waals surface area (Å²) in [5.74, 6) is -0.121. The van der Waals surface area contributed by atoms with E-state index in [1.807, 2.05) is 0 Å². The molecule has 0 radical (unpaired) electrons. The van der Waals surface area contributed by atoms with Gasteiger partial charge in [0.15, 0.2) is 5.78 Å². The van der Waals surface area contributed by atoms with E-state index in [1.54, 1.807) is 13.0 Å². The predicted octanol–water partition coefficient (Wildman–Crippen LogP) is 2.71. The van der Waals surface area contributed by atoms with Crippen molar-refractivity contribution in [1.82, 2.24) is 0 Å². The van der Waals surface area contributed by atoms with Gasteiger partial charge in [0.25, 0.3) is 5.69 Å². The van der Waals surface area contributed by atoms with Crippen molar-refractivity contribution in [2.24, 2.45) is 0 Å². The van der Waals surface area contributed by atoms with Crippen molar-refractivity contribution in [1.29, 1.82) is 0 Å². The highest BCUT2D eigenvalue weighted by Crippen LogP contribution is 2.21. The molecule has 0 aliphatic heterocycles. The monoisotopic (exact) mass is 227 g/mol. The van der Waals surface area contributed by atoms with Crippen molar-refractivity contribution < 1.29 is 9.72 Å². The Hall–Kier alpha value is -1.42. The first-order valence-corrected chi connectivity index (χ1v) is 4.94. The van der Waals surface area contributed by atoms with E-state index in [2.05, 4.69) is 0 Å². The molecular weight excluding hydrogens is 218 g/mol. The van der Waals surface area contributed by atoms with E-state index in [-0.39, 0.29) is 29.3 Å². The molecule has 0 unspecified atom stereocenters. The van der Waals surface area contributed by atoms with Gasteiger partial charge in [-0.05, 0) is 18.6 Å². The number of nitrogens with zero attached hydrogens (tertiary/aromatic N) is 1. The van der Waals surface area contributed by atoms with Crippen LogP contribution >= 0.6 is 11.6 Å². The van der Waals surface area contributed by atoms with Gasteiger partial charge in [-0.3, -0.25) is 14.9 Å². The van der Waals surface area contributed by atoms with Crippen LogP contribution in [0.25, 0.3) is 0 Å². The average Bonchev–Trinajstić information content (AvgIpc) is 2.17. The van der Waals surface area contributed by atoms with Crippen molar-refractivity contribution >= 4 is 23.1 Å². The highest BCUT2D eigenvalue weighted by molar-refractivity contribution is 6.19. The molecule has 5 heteroatoms. The smallest absolute Gasteiger partial charge is 0.280 e. The maximum atomic E-state index is 11.5. The van der Waals surface area contributed by atoms with Crippen LogP contribution in [0.1, 0.15) is 22.3 Å². The Morgan fingerprint density at radius 1 is 1.53 bits per heavy atom. The fourth-order valence-electron chi connectivity index (χ4n) is 1.25. The molecule has 1 aromatic carbocycles. The molecule has 0 aromatic heterocycles. The lowest BCUT2D eigenvalue weighted by Crippen LogP contribution is -2.04. The number of halogens is 1. The van der Waals surface area contributed by atoms with Gasteiger partial charge in [-0.15, -0.1) is 11.6 Å². The second-order valence-electron chi connectivity index (χ2n) is 3.14. The highest BCUT2D eigenvalue weighted by atomic mass is 35.5. The molecule has 0 N–H and O–H groups in total. The topological polar surface area (TPSA) is 60.2 Å². The second kappa shape index (κ2) is 4.89. The van der Waals surface area contributed by atoms with Crippen LogP contribution in [0.4, 0.5) is 5.69 Å². The average molecular weight is 228 g/mol. The quantitative estimate of drug-likeness (QED) is 0.344. The summed E-state index contributed by atoms with van der Waals surface area (Å²) >= 11 is 5.43. The summed E-state index contributed by atoms with van der Waals surface area (Å²) in [6, 6.07) is 4.47. The van der Waals surface area contributed by atoms with E-state index in [0.717, 1.165) is 5.56 Å². The molecule has 1 rings (SSSR count). The van der Waals surface area contributed by atoms with E-state index in [4.69, 9.17) is 11.6 Å². The summed E-state index contributed by atoms with van der Waals surface area (Å²) < 4.78 is 0. The molecule has 4 nitrogen and oxygen atoms in total. The first kappa shape index (κ1) is 11.7. The second-order valence-corrected chi connectivity index (χ2v) is 3.52. The number of benzene rings is 1. The van der Waals surface area contributed by atoms with E-state index < -0.39 is 4.92 Å². The van der Waals surface area contributed by atoms with Gasteiger partial charge in [0.1, 0.15) is 0 Å². The van der Waals surface area contributed by atoms with Crippen LogP contribution in [0.3, 0.4) is 0 Å². The van der Waals surface area contributed by atoms with Gasteiger partial charge in [-0.1, -0.05) is 6.07 Å². The van der Waals surface area contributed by atoms with Gasteiger partial charge < -0.3 is 0 Å². The number of hydrogen-bond donors (Lipinski definition) is 0. The first-order valence-electron chi connectivity index (χ1n) is 4.40. The maximum Gasteiger partial charge on any atom is 0.280 e. The Kier molecular flexibility index (Phi) is 3.80. The zero-order valence-corrected chi connectivity index (χ0v) is 8.95. The van der Waals surface area contributed by atoms with Crippen LogP contribution in [0.2, 0.25) is 0 Å². The zero-order chi connectivity index (χ0) is 11.4. The Balaban J connectivity index is 3.18. The van der Waals surface area contributed by atoms with Crippen molar-refractivity contribution in [3.63, 3.8) is 0 Å². The molecule has 0 heterocycles. The van der Waals surface area contributed by atoms with Crippen molar-refractivity contribution in [2.75, 3.05) is 5.88 Å². The number of ketones is 1. The minimum absolute atomic E-state index is 0.117. The first-order chi connectivity index (χ1) is 7.06. The van der Waals surface area contributed by atoms with Crippen LogP contribution in [0.5, 0.6) is 0 Å². The molecule has 0 saturated carbocycles. The van der Waals surface area contributed by atoms with Crippen LogP contribution in [0.15, 0.2) is 18.2 Å². The SMILES string of the molecule is Cc1ccc([N+](=O)[O-])c(C(=O)CCCl)c1. The Morgan fingerprint density at radius 2 is 2.20 bits per heavy atom. The molecule has 15 heavy (non-hydrogen) atoms. The summed E-state index contributed by atoms with van der Waals surface area (Å²) in [6.45, 7) is 1.78. The molecule has 0 aliphatic carbocycles. The number of alkyl halides is 1. The number of hydrogen-bond acceptors (Lipinski definition) is 3. The lowest BCUT2D eigenvalue weighted by molar-refractivity contribution is -0.385. The molecule has 0 aliphatic rings. The molecule has 0 bridgehead atoms. The summed E-state index contributed by atoms with van der Waals surface area (Å²) in [4.78, 5) is 21.6. The van der Waals surface area contributed by atoms with E-state index in [0.29, 0.717) is 0 Å². The zero-order valence-electron chi connectivity index (χ0n) is 8.20. The lowest BCUT2D eigenvalue weighted by Gasteiger charge is -2.01. The third-order valence-corrected chi connectivity index (χ3v) is 2.16. The predicted molar refractivity (Wildman–Crippen MR) is 57.5 cm³/mol. The Bertz CT molecular complexity index is 404. The third kappa shape index (κ3) is 2.76. The fraction of sp³-hybridized carbons (Fsp3) is 0.300. The van der Waals surface area contributed by atoms with Crippen LogP contribution in [0, 0.1) is 17.0 Å². The Morgan fingerprint density at radius 3 is 2.73 bits per heavy atom. The summed E-state index contributed by atoms with van der Waals surface area (Å²) in [6.07, 6.45) is 0.117. The number of nitro benzene ring substituents is 1. The molecule has 0 spiro atoms. The van der Waals surface area contributed by atoms with Crippen LogP contribution in [-0.4, -0.2) is 16.6 Å². The van der Waals surface area contributed by atoms with Crippen LogP contribution < -0.4 is 0 Å². The minimum Gasteiger partial charge on any atom is -0.294 e. The molecular formula is C10H10ClNO3. The van der Waals surface area contributed by atoms with Gasteiger partial charge in [-0.25, -0.2) is 0 Å². The Labute approximate surface area is 92.0 Å². The normalized spacial score (nSPS) is 10.0. The number of Topliss-reactive ketones (excluding diaryl/α,β-unsaturated/α-hetero) is 1. The van der Waals surface area contributed by atoms with E-state index in [1.165, 1.54) is 12.1 Å². The maximum absolute atomic E-state index is 11.5. The van der Waals surface area contributed by atoms with E-state index in [9.17, 15) is 14.9 Å². The molecule has 1 aromatic rings. The number of nitro groups is 1. The van der Waals surface area contributed by atoms with E-state index >= 15 is 0 Å². The molecule has 0 atom stereocenters. The standard InChI is InChI=1S/C10H10ClNO3/c1-7-2-3-9(12(14)15)8(6-7)10(13)4-5-11/h2-3,6H,4-5H2,1H3. The summed E-state index contributed by atoms with van der Waals surface area (Å²) in [5, 5.41) is 10.7. The summed E-state index contributed by atoms with van der Waals surface area (Å²) in [5.41, 5.74) is 0.801. The van der Waals surface area contributed by atoms with Gasteiger partial charge in [-0.2, -0.15) is 0 Å². The van der Waals surface area contributed by atoms with Gasteiger partial charge in [0.2, 0.25) is 0 Å². The minimum atomic E-state index is -0.555. The molecule has 0 amide bonds.